The summed E-state index contributed by atoms with van der Waals surface area (Å²) < 4.78 is 6.13. The van der Waals surface area contributed by atoms with Crippen LogP contribution in [0.1, 0.15) is 49.8 Å². The van der Waals surface area contributed by atoms with Crippen LogP contribution in [0.2, 0.25) is 0 Å². The van der Waals surface area contributed by atoms with Crippen LogP contribution in [0.15, 0.2) is 29.3 Å². The second-order valence-electron chi connectivity index (χ2n) is 6.99. The first-order chi connectivity index (χ1) is 11.8. The SMILES string of the molecule is CCNC(=NCC1CCCOC1c1ccc(C)cc1)N1CCCC1.I. The van der Waals surface area contributed by atoms with Gasteiger partial charge in [-0.2, -0.15) is 0 Å². The standard InChI is InChI=1S/C20H31N3O.HI/c1-3-21-20(23-12-4-5-13-23)22-15-18-7-6-14-24-19(18)17-10-8-16(2)9-11-17;/h8-11,18-19H,3-7,12-15H2,1-2H3,(H,21,22);1H. The predicted molar refractivity (Wildman–Crippen MR) is 115 cm³/mol. The van der Waals surface area contributed by atoms with Crippen LogP contribution in [0.25, 0.3) is 0 Å². The summed E-state index contributed by atoms with van der Waals surface area (Å²) in [5, 5.41) is 3.46. The average Bonchev–Trinajstić information content (AvgIpc) is 3.14. The lowest BCUT2D eigenvalue weighted by Gasteiger charge is -2.32. The van der Waals surface area contributed by atoms with Crippen molar-refractivity contribution < 1.29 is 4.74 Å². The fourth-order valence-electron chi connectivity index (χ4n) is 3.71. The van der Waals surface area contributed by atoms with Gasteiger partial charge in [0.05, 0.1) is 6.10 Å². The number of benzene rings is 1. The molecule has 3 rings (SSSR count). The summed E-state index contributed by atoms with van der Waals surface area (Å²) in [4.78, 5) is 7.36. The topological polar surface area (TPSA) is 36.9 Å². The van der Waals surface area contributed by atoms with Gasteiger partial charge < -0.3 is 15.0 Å². The highest BCUT2D eigenvalue weighted by molar-refractivity contribution is 14.0. The molecule has 0 spiro atoms. The monoisotopic (exact) mass is 457 g/mol. The molecule has 2 unspecified atom stereocenters. The normalized spacial score (nSPS) is 24.1. The van der Waals surface area contributed by atoms with Crippen LogP contribution in [-0.2, 0) is 4.74 Å². The molecule has 0 radical (unpaired) electrons. The van der Waals surface area contributed by atoms with E-state index in [0.717, 1.165) is 45.2 Å². The Morgan fingerprint density at radius 1 is 1.20 bits per heavy atom. The molecule has 2 aliphatic heterocycles. The maximum Gasteiger partial charge on any atom is 0.193 e. The van der Waals surface area contributed by atoms with Gasteiger partial charge in [0.2, 0.25) is 0 Å². The van der Waals surface area contributed by atoms with Gasteiger partial charge in [0, 0.05) is 38.7 Å². The summed E-state index contributed by atoms with van der Waals surface area (Å²) in [5.74, 6) is 1.56. The molecular formula is C20H32IN3O. The molecule has 2 heterocycles. The third-order valence-corrected chi connectivity index (χ3v) is 5.07. The molecule has 2 saturated heterocycles. The largest absolute Gasteiger partial charge is 0.373 e. The zero-order valence-electron chi connectivity index (χ0n) is 15.5. The Bertz CT molecular complexity index is 540. The summed E-state index contributed by atoms with van der Waals surface area (Å²) in [6.07, 6.45) is 5.08. The fraction of sp³-hybridized carbons (Fsp3) is 0.650. The van der Waals surface area contributed by atoms with Gasteiger partial charge >= 0.3 is 0 Å². The molecule has 0 aliphatic carbocycles. The molecule has 0 amide bonds. The Morgan fingerprint density at radius 3 is 2.60 bits per heavy atom. The van der Waals surface area contributed by atoms with E-state index >= 15 is 0 Å². The van der Waals surface area contributed by atoms with E-state index in [4.69, 9.17) is 9.73 Å². The molecule has 25 heavy (non-hydrogen) atoms. The zero-order chi connectivity index (χ0) is 16.8. The van der Waals surface area contributed by atoms with Crippen LogP contribution in [0.3, 0.4) is 0 Å². The fourth-order valence-corrected chi connectivity index (χ4v) is 3.71. The first-order valence-corrected chi connectivity index (χ1v) is 9.49. The number of hydrogen-bond acceptors (Lipinski definition) is 2. The van der Waals surface area contributed by atoms with Crippen LogP contribution in [0.5, 0.6) is 0 Å². The maximum atomic E-state index is 6.13. The molecule has 0 saturated carbocycles. The van der Waals surface area contributed by atoms with Crippen molar-refractivity contribution in [3.8, 4) is 0 Å². The summed E-state index contributed by atoms with van der Waals surface area (Å²) in [6.45, 7) is 9.18. The molecule has 2 atom stereocenters. The van der Waals surface area contributed by atoms with Crippen molar-refractivity contribution in [3.05, 3.63) is 35.4 Å². The maximum absolute atomic E-state index is 6.13. The molecule has 1 aromatic rings. The molecule has 2 fully saturated rings. The Balaban J connectivity index is 0.00000225. The van der Waals surface area contributed by atoms with Crippen LogP contribution < -0.4 is 5.32 Å². The van der Waals surface area contributed by atoms with E-state index in [1.165, 1.54) is 30.4 Å². The van der Waals surface area contributed by atoms with Crippen LogP contribution in [-0.4, -0.2) is 43.6 Å². The molecule has 2 aliphatic rings. The molecule has 1 aromatic carbocycles. The Kier molecular flexibility index (Phi) is 8.49. The van der Waals surface area contributed by atoms with Gasteiger partial charge in [-0.15, -0.1) is 24.0 Å². The van der Waals surface area contributed by atoms with Crippen molar-refractivity contribution in [3.63, 3.8) is 0 Å². The van der Waals surface area contributed by atoms with E-state index < -0.39 is 0 Å². The number of nitrogens with one attached hydrogen (secondary N) is 1. The number of guanidine groups is 1. The third kappa shape index (κ3) is 5.58. The lowest BCUT2D eigenvalue weighted by Crippen LogP contribution is -2.40. The highest BCUT2D eigenvalue weighted by Crippen LogP contribution is 2.34. The lowest BCUT2D eigenvalue weighted by molar-refractivity contribution is -0.0250. The Labute approximate surface area is 169 Å². The second-order valence-corrected chi connectivity index (χ2v) is 6.99. The predicted octanol–water partition coefficient (Wildman–Crippen LogP) is 4.14. The summed E-state index contributed by atoms with van der Waals surface area (Å²) in [6, 6.07) is 8.80. The minimum Gasteiger partial charge on any atom is -0.373 e. The molecule has 4 nitrogen and oxygen atoms in total. The van der Waals surface area contributed by atoms with E-state index in [2.05, 4.69) is 48.3 Å². The van der Waals surface area contributed by atoms with Crippen LogP contribution in [0.4, 0.5) is 0 Å². The lowest BCUT2D eigenvalue weighted by atomic mass is 9.89. The number of halogens is 1. The number of hydrogen-bond donors (Lipinski definition) is 1. The molecule has 140 valence electrons. The summed E-state index contributed by atoms with van der Waals surface area (Å²) in [7, 11) is 0. The van der Waals surface area contributed by atoms with Crippen LogP contribution >= 0.6 is 24.0 Å². The van der Waals surface area contributed by atoms with Gasteiger partial charge in [0.25, 0.3) is 0 Å². The summed E-state index contributed by atoms with van der Waals surface area (Å²) >= 11 is 0. The number of likely N-dealkylation sites (tertiary alicyclic amines) is 1. The molecule has 1 N–H and O–H groups in total. The number of nitrogens with zero attached hydrogens (tertiary/aromatic N) is 2. The second kappa shape index (κ2) is 10.4. The van der Waals surface area contributed by atoms with Gasteiger partial charge in [-0.3, -0.25) is 4.99 Å². The first kappa shape index (κ1) is 20.5. The van der Waals surface area contributed by atoms with Crippen molar-refractivity contribution >= 4 is 29.9 Å². The number of ether oxygens (including phenoxy) is 1. The van der Waals surface area contributed by atoms with E-state index in [0.29, 0.717) is 5.92 Å². The Morgan fingerprint density at radius 2 is 1.92 bits per heavy atom. The van der Waals surface area contributed by atoms with Gasteiger partial charge in [-0.1, -0.05) is 29.8 Å². The van der Waals surface area contributed by atoms with Crippen molar-refractivity contribution in [2.24, 2.45) is 10.9 Å². The Hall–Kier alpha value is -0.820. The van der Waals surface area contributed by atoms with Gasteiger partial charge in [-0.05, 0) is 45.1 Å². The van der Waals surface area contributed by atoms with Crippen molar-refractivity contribution in [1.29, 1.82) is 0 Å². The number of aryl methyl sites for hydroxylation is 1. The minimum absolute atomic E-state index is 0. The molecular weight excluding hydrogens is 425 g/mol. The quantitative estimate of drug-likeness (QED) is 0.420. The molecule has 0 aromatic heterocycles. The van der Waals surface area contributed by atoms with E-state index in [1.807, 2.05) is 0 Å². The average molecular weight is 457 g/mol. The highest BCUT2D eigenvalue weighted by Gasteiger charge is 2.27. The van der Waals surface area contributed by atoms with E-state index in [-0.39, 0.29) is 30.1 Å². The smallest absolute Gasteiger partial charge is 0.193 e. The molecule has 5 heteroatoms. The van der Waals surface area contributed by atoms with Gasteiger partial charge in [0.1, 0.15) is 0 Å². The minimum atomic E-state index is 0. The van der Waals surface area contributed by atoms with Crippen molar-refractivity contribution in [2.45, 2.75) is 45.6 Å². The number of rotatable bonds is 4. The number of aliphatic imine (C=N–C) groups is 1. The van der Waals surface area contributed by atoms with Gasteiger partial charge in [-0.25, -0.2) is 0 Å². The molecule has 0 bridgehead atoms. The van der Waals surface area contributed by atoms with E-state index in [1.54, 1.807) is 0 Å². The summed E-state index contributed by atoms with van der Waals surface area (Å²) in [5.41, 5.74) is 2.60. The van der Waals surface area contributed by atoms with Gasteiger partial charge in [0.15, 0.2) is 5.96 Å². The zero-order valence-corrected chi connectivity index (χ0v) is 17.9. The third-order valence-electron chi connectivity index (χ3n) is 5.07. The van der Waals surface area contributed by atoms with Crippen molar-refractivity contribution in [1.82, 2.24) is 10.2 Å². The van der Waals surface area contributed by atoms with Crippen molar-refractivity contribution in [2.75, 3.05) is 32.8 Å². The highest BCUT2D eigenvalue weighted by atomic mass is 127. The van der Waals surface area contributed by atoms with Crippen LogP contribution in [0, 0.1) is 12.8 Å². The first-order valence-electron chi connectivity index (χ1n) is 9.49. The van der Waals surface area contributed by atoms with E-state index in [9.17, 15) is 0 Å².